The van der Waals surface area contributed by atoms with E-state index in [2.05, 4.69) is 12.7 Å². The van der Waals surface area contributed by atoms with Crippen LogP contribution in [0.25, 0.3) is 0 Å². The van der Waals surface area contributed by atoms with E-state index in [1.54, 1.807) is 11.0 Å². The van der Waals surface area contributed by atoms with Gasteiger partial charge in [0.25, 0.3) is 5.91 Å². The SMILES string of the molecule is CCCCCCC=C=CC(=O)N1CCOCC1. The molecule has 0 aromatic carbocycles. The first kappa shape index (κ1) is 14.0. The van der Waals surface area contributed by atoms with Crippen LogP contribution >= 0.6 is 0 Å². The predicted octanol–water partition coefficient (Wildman–Crippen LogP) is 2.53. The predicted molar refractivity (Wildman–Crippen MR) is 68.8 cm³/mol. The summed E-state index contributed by atoms with van der Waals surface area (Å²) in [6, 6.07) is 0. The topological polar surface area (TPSA) is 29.5 Å². The van der Waals surface area contributed by atoms with Crippen molar-refractivity contribution in [2.24, 2.45) is 0 Å². The minimum atomic E-state index is 0.0538. The van der Waals surface area contributed by atoms with Crippen LogP contribution in [0.3, 0.4) is 0 Å². The van der Waals surface area contributed by atoms with Crippen LogP contribution in [-0.4, -0.2) is 37.1 Å². The van der Waals surface area contributed by atoms with E-state index in [-0.39, 0.29) is 5.91 Å². The summed E-state index contributed by atoms with van der Waals surface area (Å²) in [6.45, 7) is 4.92. The van der Waals surface area contributed by atoms with Gasteiger partial charge >= 0.3 is 0 Å². The molecule has 0 radical (unpaired) electrons. The summed E-state index contributed by atoms with van der Waals surface area (Å²) in [6.07, 6.45) is 9.55. The van der Waals surface area contributed by atoms with Crippen LogP contribution in [-0.2, 0) is 9.53 Å². The molecule has 0 saturated carbocycles. The minimum absolute atomic E-state index is 0.0538. The first-order chi connectivity index (χ1) is 8.34. The fourth-order valence-corrected chi connectivity index (χ4v) is 1.76. The maximum absolute atomic E-state index is 11.7. The van der Waals surface area contributed by atoms with E-state index in [9.17, 15) is 4.79 Å². The quantitative estimate of drug-likeness (QED) is 0.403. The van der Waals surface area contributed by atoms with Gasteiger partial charge in [0.2, 0.25) is 0 Å². The number of unbranched alkanes of at least 4 members (excludes halogenated alkanes) is 4. The molecule has 1 fully saturated rings. The standard InChI is InChI=1S/C14H23NO2/c1-2-3-4-5-6-7-8-9-14(16)15-10-12-17-13-11-15/h7,9H,2-6,10-13H2,1H3. The third-order valence-electron chi connectivity index (χ3n) is 2.85. The summed E-state index contributed by atoms with van der Waals surface area (Å²) in [5, 5.41) is 0. The molecule has 96 valence electrons. The fourth-order valence-electron chi connectivity index (χ4n) is 1.76. The van der Waals surface area contributed by atoms with E-state index >= 15 is 0 Å². The fraction of sp³-hybridized carbons (Fsp3) is 0.714. The van der Waals surface area contributed by atoms with E-state index in [4.69, 9.17) is 4.74 Å². The zero-order valence-corrected chi connectivity index (χ0v) is 10.8. The van der Waals surface area contributed by atoms with Crippen LogP contribution in [0.2, 0.25) is 0 Å². The molecule has 1 heterocycles. The van der Waals surface area contributed by atoms with Gasteiger partial charge in [-0.3, -0.25) is 4.79 Å². The lowest BCUT2D eigenvalue weighted by atomic mass is 10.1. The van der Waals surface area contributed by atoms with Crippen molar-refractivity contribution in [2.45, 2.75) is 39.0 Å². The highest BCUT2D eigenvalue weighted by Gasteiger charge is 2.13. The molecule has 1 amide bonds. The zero-order chi connectivity index (χ0) is 12.3. The van der Waals surface area contributed by atoms with Crippen LogP contribution in [0.1, 0.15) is 39.0 Å². The van der Waals surface area contributed by atoms with Gasteiger partial charge in [0, 0.05) is 19.2 Å². The van der Waals surface area contributed by atoms with Crippen molar-refractivity contribution in [3.8, 4) is 0 Å². The van der Waals surface area contributed by atoms with E-state index in [0.29, 0.717) is 26.3 Å². The molecule has 1 aliphatic rings. The van der Waals surface area contributed by atoms with E-state index < -0.39 is 0 Å². The Morgan fingerprint density at radius 2 is 2.06 bits per heavy atom. The Balaban J connectivity index is 2.17. The molecule has 0 bridgehead atoms. The van der Waals surface area contributed by atoms with Crippen LogP contribution < -0.4 is 0 Å². The van der Waals surface area contributed by atoms with Crippen molar-refractivity contribution < 1.29 is 9.53 Å². The zero-order valence-electron chi connectivity index (χ0n) is 10.8. The molecule has 0 spiro atoms. The lowest BCUT2D eigenvalue weighted by molar-refractivity contribution is -0.129. The number of ether oxygens (including phenoxy) is 1. The van der Waals surface area contributed by atoms with Gasteiger partial charge in [-0.2, -0.15) is 0 Å². The molecule has 17 heavy (non-hydrogen) atoms. The molecule has 3 nitrogen and oxygen atoms in total. The second-order valence-electron chi connectivity index (χ2n) is 4.30. The number of hydrogen-bond donors (Lipinski definition) is 0. The van der Waals surface area contributed by atoms with Gasteiger partial charge in [-0.25, -0.2) is 0 Å². The van der Waals surface area contributed by atoms with E-state index in [1.165, 1.54) is 25.7 Å². The number of hydrogen-bond acceptors (Lipinski definition) is 2. The molecule has 1 rings (SSSR count). The van der Waals surface area contributed by atoms with Crippen LogP contribution in [0, 0.1) is 0 Å². The Kier molecular flexibility index (Phi) is 7.44. The third kappa shape index (κ3) is 6.30. The second kappa shape index (κ2) is 9.03. The Labute approximate surface area is 104 Å². The number of amides is 1. The minimum Gasteiger partial charge on any atom is -0.378 e. The van der Waals surface area contributed by atoms with Crippen LogP contribution in [0.15, 0.2) is 17.9 Å². The van der Waals surface area contributed by atoms with Gasteiger partial charge in [0.05, 0.1) is 13.2 Å². The van der Waals surface area contributed by atoms with Gasteiger partial charge in [-0.15, -0.1) is 5.73 Å². The molecule has 3 heteroatoms. The second-order valence-corrected chi connectivity index (χ2v) is 4.30. The highest BCUT2D eigenvalue weighted by molar-refractivity contribution is 5.87. The summed E-state index contributed by atoms with van der Waals surface area (Å²) >= 11 is 0. The average molecular weight is 237 g/mol. The van der Waals surface area contributed by atoms with Gasteiger partial charge in [0.15, 0.2) is 0 Å². The molecular weight excluding hydrogens is 214 g/mol. The van der Waals surface area contributed by atoms with Gasteiger partial charge in [-0.05, 0) is 18.9 Å². The van der Waals surface area contributed by atoms with Gasteiger partial charge in [-0.1, -0.05) is 26.2 Å². The first-order valence-corrected chi connectivity index (χ1v) is 6.62. The van der Waals surface area contributed by atoms with Crippen molar-refractivity contribution in [3.63, 3.8) is 0 Å². The lowest BCUT2D eigenvalue weighted by Crippen LogP contribution is -2.39. The Morgan fingerprint density at radius 1 is 1.29 bits per heavy atom. The number of morpholine rings is 1. The monoisotopic (exact) mass is 237 g/mol. The smallest absolute Gasteiger partial charge is 0.254 e. The summed E-state index contributed by atoms with van der Waals surface area (Å²) < 4.78 is 5.19. The van der Waals surface area contributed by atoms with Gasteiger partial charge < -0.3 is 9.64 Å². The van der Waals surface area contributed by atoms with Crippen molar-refractivity contribution in [3.05, 3.63) is 17.9 Å². The third-order valence-corrected chi connectivity index (χ3v) is 2.85. The number of nitrogens with zero attached hydrogens (tertiary/aromatic N) is 1. The van der Waals surface area contributed by atoms with Crippen molar-refractivity contribution >= 4 is 5.91 Å². The normalized spacial score (nSPS) is 15.2. The first-order valence-electron chi connectivity index (χ1n) is 6.62. The molecule has 0 N–H and O–H groups in total. The Morgan fingerprint density at radius 3 is 2.76 bits per heavy atom. The molecule has 0 unspecified atom stereocenters. The van der Waals surface area contributed by atoms with Crippen LogP contribution in [0.4, 0.5) is 0 Å². The maximum atomic E-state index is 11.7. The molecule has 0 aromatic heterocycles. The van der Waals surface area contributed by atoms with Crippen LogP contribution in [0.5, 0.6) is 0 Å². The molecule has 1 aliphatic heterocycles. The summed E-state index contributed by atoms with van der Waals surface area (Å²) in [7, 11) is 0. The van der Waals surface area contributed by atoms with Crippen molar-refractivity contribution in [2.75, 3.05) is 26.3 Å². The van der Waals surface area contributed by atoms with Crippen molar-refractivity contribution in [1.29, 1.82) is 0 Å². The van der Waals surface area contributed by atoms with E-state index in [0.717, 1.165) is 6.42 Å². The average Bonchev–Trinajstić information content (AvgIpc) is 2.38. The highest BCUT2D eigenvalue weighted by Crippen LogP contribution is 2.02. The molecule has 0 aromatic rings. The number of rotatable bonds is 6. The summed E-state index contributed by atoms with van der Waals surface area (Å²) in [5.74, 6) is 0.0538. The molecule has 1 saturated heterocycles. The Bertz CT molecular complexity index is 274. The molecular formula is C14H23NO2. The lowest BCUT2D eigenvalue weighted by Gasteiger charge is -2.25. The number of carbonyl (C=O) groups excluding carboxylic acids is 1. The van der Waals surface area contributed by atoms with E-state index in [1.807, 2.05) is 6.08 Å². The Hall–Kier alpha value is -1.05. The van der Waals surface area contributed by atoms with Gasteiger partial charge in [0.1, 0.15) is 0 Å². The number of carbonyl (C=O) groups is 1. The highest BCUT2D eigenvalue weighted by atomic mass is 16.5. The molecule has 0 aliphatic carbocycles. The maximum Gasteiger partial charge on any atom is 0.254 e. The largest absolute Gasteiger partial charge is 0.378 e. The summed E-state index contributed by atoms with van der Waals surface area (Å²) in [4.78, 5) is 13.5. The molecule has 0 atom stereocenters. The summed E-state index contributed by atoms with van der Waals surface area (Å²) in [5.41, 5.74) is 2.98. The van der Waals surface area contributed by atoms with Crippen molar-refractivity contribution in [1.82, 2.24) is 4.90 Å².